The summed E-state index contributed by atoms with van der Waals surface area (Å²) in [4.78, 5) is 0. The van der Waals surface area contributed by atoms with Crippen molar-refractivity contribution >= 4 is 12.4 Å². The van der Waals surface area contributed by atoms with E-state index < -0.39 is 0 Å². The number of hydrogen-bond donors (Lipinski definition) is 1. The Morgan fingerprint density at radius 3 is 2.06 bits per heavy atom. The summed E-state index contributed by atoms with van der Waals surface area (Å²) < 4.78 is 0. The lowest BCUT2D eigenvalue weighted by atomic mass is 10.00. The van der Waals surface area contributed by atoms with Gasteiger partial charge in [0.1, 0.15) is 0 Å². The fraction of sp³-hybridized carbons (Fsp3) is 0.600. The van der Waals surface area contributed by atoms with Crippen LogP contribution in [0, 0.1) is 0 Å². The molecule has 0 aliphatic heterocycles. The molecule has 0 aliphatic rings. The van der Waals surface area contributed by atoms with Gasteiger partial charge in [-0.3, -0.25) is 0 Å². The van der Waals surface area contributed by atoms with Crippen molar-refractivity contribution in [2.45, 2.75) is 59.0 Å². The second-order valence-corrected chi connectivity index (χ2v) is 5.49. The maximum Gasteiger partial charge on any atom is 0.0210 e. The predicted octanol–water partition coefficient (Wildman–Crippen LogP) is 4.51. The molecule has 1 aromatic carbocycles. The summed E-state index contributed by atoms with van der Waals surface area (Å²) in [5.41, 5.74) is 3.01. The van der Waals surface area contributed by atoms with Gasteiger partial charge < -0.3 is 5.32 Å². The quantitative estimate of drug-likeness (QED) is 0.816. The highest BCUT2D eigenvalue weighted by molar-refractivity contribution is 5.85. The summed E-state index contributed by atoms with van der Waals surface area (Å²) in [6, 6.07) is 8.93. The highest BCUT2D eigenvalue weighted by Gasteiger charge is 2.13. The van der Waals surface area contributed by atoms with Gasteiger partial charge in [0.05, 0.1) is 0 Å². The van der Waals surface area contributed by atoms with Crippen molar-refractivity contribution in [2.24, 2.45) is 0 Å². The maximum atomic E-state index is 3.57. The van der Waals surface area contributed by atoms with Crippen LogP contribution < -0.4 is 5.32 Å². The van der Waals surface area contributed by atoms with Gasteiger partial charge in [0.15, 0.2) is 0 Å². The molecule has 1 N–H and O–H groups in total. The number of hydrogen-bond acceptors (Lipinski definition) is 1. The largest absolute Gasteiger partial charge is 0.308 e. The van der Waals surface area contributed by atoms with Gasteiger partial charge >= 0.3 is 0 Å². The first kappa shape index (κ1) is 16.5. The van der Waals surface area contributed by atoms with Crippen LogP contribution in [-0.4, -0.2) is 5.54 Å². The van der Waals surface area contributed by atoms with Gasteiger partial charge in [-0.1, -0.05) is 45.0 Å². The van der Waals surface area contributed by atoms with Crippen molar-refractivity contribution in [1.29, 1.82) is 0 Å². The molecule has 17 heavy (non-hydrogen) atoms. The van der Waals surface area contributed by atoms with Crippen molar-refractivity contribution < 1.29 is 0 Å². The molecular formula is C15H26ClN. The molecule has 1 rings (SSSR count). The minimum atomic E-state index is 0. The van der Waals surface area contributed by atoms with Crippen LogP contribution in [0.15, 0.2) is 24.3 Å². The molecule has 0 unspecified atom stereocenters. The molecule has 0 aliphatic carbocycles. The highest BCUT2D eigenvalue weighted by atomic mass is 35.5. The second-order valence-electron chi connectivity index (χ2n) is 5.49. The van der Waals surface area contributed by atoms with Crippen molar-refractivity contribution in [2.75, 3.05) is 0 Å². The molecule has 0 radical (unpaired) electrons. The third-order valence-corrected chi connectivity index (χ3v) is 3.30. The molecule has 0 spiro atoms. The van der Waals surface area contributed by atoms with E-state index in [0.717, 1.165) is 13.0 Å². The molecule has 1 nitrogen and oxygen atoms in total. The molecular weight excluding hydrogens is 230 g/mol. The Morgan fingerprint density at radius 1 is 1.12 bits per heavy atom. The van der Waals surface area contributed by atoms with Crippen LogP contribution in [0.4, 0.5) is 0 Å². The van der Waals surface area contributed by atoms with Gasteiger partial charge in [-0.05, 0) is 37.3 Å². The first-order valence-electron chi connectivity index (χ1n) is 6.28. The van der Waals surface area contributed by atoms with Gasteiger partial charge in [-0.25, -0.2) is 0 Å². The van der Waals surface area contributed by atoms with Crippen LogP contribution in [0.3, 0.4) is 0 Å². The highest BCUT2D eigenvalue weighted by Crippen LogP contribution is 2.15. The third-order valence-electron chi connectivity index (χ3n) is 3.30. The predicted molar refractivity (Wildman–Crippen MR) is 79.0 cm³/mol. The van der Waals surface area contributed by atoms with Crippen LogP contribution in [0.1, 0.15) is 58.1 Å². The summed E-state index contributed by atoms with van der Waals surface area (Å²) >= 11 is 0. The molecule has 0 saturated heterocycles. The zero-order valence-electron chi connectivity index (χ0n) is 11.7. The van der Waals surface area contributed by atoms with Gasteiger partial charge in [-0.2, -0.15) is 0 Å². The van der Waals surface area contributed by atoms with E-state index in [0.29, 0.717) is 5.92 Å². The first-order chi connectivity index (χ1) is 7.44. The van der Waals surface area contributed by atoms with E-state index >= 15 is 0 Å². The van der Waals surface area contributed by atoms with E-state index in [9.17, 15) is 0 Å². The van der Waals surface area contributed by atoms with Crippen LogP contribution in [0.2, 0.25) is 0 Å². The fourth-order valence-electron chi connectivity index (χ4n) is 1.49. The minimum Gasteiger partial charge on any atom is -0.308 e. The third kappa shape index (κ3) is 5.56. The van der Waals surface area contributed by atoms with E-state index in [1.54, 1.807) is 0 Å². The van der Waals surface area contributed by atoms with Gasteiger partial charge in [0, 0.05) is 12.1 Å². The molecule has 0 atom stereocenters. The second kappa shape index (κ2) is 7.03. The van der Waals surface area contributed by atoms with Crippen molar-refractivity contribution in [1.82, 2.24) is 5.32 Å². The summed E-state index contributed by atoms with van der Waals surface area (Å²) in [5.74, 6) is 0.620. The summed E-state index contributed by atoms with van der Waals surface area (Å²) in [5, 5.41) is 3.57. The summed E-state index contributed by atoms with van der Waals surface area (Å²) in [7, 11) is 0. The molecule has 0 fully saturated rings. The van der Waals surface area contributed by atoms with Crippen LogP contribution in [-0.2, 0) is 6.54 Å². The lowest BCUT2D eigenvalue weighted by Crippen LogP contribution is -2.37. The lowest BCUT2D eigenvalue weighted by molar-refractivity contribution is 0.374. The monoisotopic (exact) mass is 255 g/mol. The SMILES string of the molecule is CCC(C)(C)NCc1ccc(C(C)C)cc1.Cl. The van der Waals surface area contributed by atoms with Crippen LogP contribution in [0.25, 0.3) is 0 Å². The Hall–Kier alpha value is -0.530. The van der Waals surface area contributed by atoms with Gasteiger partial charge in [0.2, 0.25) is 0 Å². The zero-order chi connectivity index (χ0) is 12.2. The van der Waals surface area contributed by atoms with Crippen molar-refractivity contribution in [3.8, 4) is 0 Å². The van der Waals surface area contributed by atoms with Crippen molar-refractivity contribution in [3.05, 3.63) is 35.4 Å². The molecule has 98 valence electrons. The summed E-state index contributed by atoms with van der Waals surface area (Å²) in [6.07, 6.45) is 1.15. The summed E-state index contributed by atoms with van der Waals surface area (Å²) in [6.45, 7) is 12.1. The van der Waals surface area contributed by atoms with Crippen LogP contribution >= 0.6 is 12.4 Å². The average molecular weight is 256 g/mol. The molecule has 0 saturated carbocycles. The number of halogens is 1. The van der Waals surface area contributed by atoms with E-state index in [4.69, 9.17) is 0 Å². The van der Waals surface area contributed by atoms with E-state index in [-0.39, 0.29) is 17.9 Å². The maximum absolute atomic E-state index is 3.57. The molecule has 0 aromatic heterocycles. The van der Waals surface area contributed by atoms with Crippen molar-refractivity contribution in [3.63, 3.8) is 0 Å². The molecule has 0 bridgehead atoms. The fourth-order valence-corrected chi connectivity index (χ4v) is 1.49. The Balaban J connectivity index is 0.00000256. The van der Waals surface area contributed by atoms with E-state index in [1.165, 1.54) is 11.1 Å². The van der Waals surface area contributed by atoms with E-state index in [2.05, 4.69) is 64.2 Å². The minimum absolute atomic E-state index is 0. The molecule has 0 heterocycles. The molecule has 0 amide bonds. The Labute approximate surface area is 112 Å². The Bertz CT molecular complexity index is 314. The zero-order valence-corrected chi connectivity index (χ0v) is 12.5. The number of rotatable bonds is 5. The van der Waals surface area contributed by atoms with Gasteiger partial charge in [-0.15, -0.1) is 12.4 Å². The Morgan fingerprint density at radius 2 is 1.65 bits per heavy atom. The average Bonchev–Trinajstić information content (AvgIpc) is 2.27. The standard InChI is InChI=1S/C15H25N.ClH/c1-6-15(4,5)16-11-13-7-9-14(10-8-13)12(2)3;/h7-10,12,16H,6,11H2,1-5H3;1H. The lowest BCUT2D eigenvalue weighted by Gasteiger charge is -2.24. The normalized spacial score (nSPS) is 11.4. The van der Waals surface area contributed by atoms with Crippen LogP contribution in [0.5, 0.6) is 0 Å². The number of benzene rings is 1. The first-order valence-corrected chi connectivity index (χ1v) is 6.28. The molecule has 2 heteroatoms. The van der Waals surface area contributed by atoms with E-state index in [1.807, 2.05) is 0 Å². The van der Waals surface area contributed by atoms with Gasteiger partial charge in [0.25, 0.3) is 0 Å². The number of nitrogens with one attached hydrogen (secondary N) is 1. The topological polar surface area (TPSA) is 12.0 Å². The smallest absolute Gasteiger partial charge is 0.0210 e. The molecule has 1 aromatic rings. The Kier molecular flexibility index (Phi) is 6.81.